The summed E-state index contributed by atoms with van der Waals surface area (Å²) in [6.45, 7) is 5.31. The van der Waals surface area contributed by atoms with Crippen LogP contribution in [0.5, 0.6) is 0 Å². The number of ether oxygens (including phenoxy) is 1. The molecule has 0 bridgehead atoms. The maximum Gasteiger partial charge on any atom is 0.321 e. The number of nitrogens with zero attached hydrogens (tertiary/aromatic N) is 3. The number of carbonyl (C=O) groups excluding carboxylic acids is 1. The van der Waals surface area contributed by atoms with Crippen LogP contribution in [-0.4, -0.2) is 59.0 Å². The van der Waals surface area contributed by atoms with Gasteiger partial charge in [0.05, 0.1) is 19.3 Å². The van der Waals surface area contributed by atoms with Crippen molar-refractivity contribution in [3.8, 4) is 0 Å². The topological polar surface area (TPSA) is 79.6 Å². The highest BCUT2D eigenvalue weighted by Crippen LogP contribution is 2.16. The summed E-state index contributed by atoms with van der Waals surface area (Å²) < 4.78 is 6.99. The molecule has 2 N–H and O–H groups in total. The van der Waals surface area contributed by atoms with Gasteiger partial charge < -0.3 is 24.6 Å². The van der Waals surface area contributed by atoms with Gasteiger partial charge in [-0.05, 0) is 17.7 Å². The van der Waals surface area contributed by atoms with Crippen molar-refractivity contribution in [2.45, 2.75) is 32.4 Å². The van der Waals surface area contributed by atoms with Gasteiger partial charge in [0.15, 0.2) is 0 Å². The van der Waals surface area contributed by atoms with Gasteiger partial charge in [-0.3, -0.25) is 0 Å². The first-order valence-electron chi connectivity index (χ1n) is 8.69. The first-order chi connectivity index (χ1) is 12.4. The van der Waals surface area contributed by atoms with Crippen LogP contribution in [-0.2, 0) is 11.3 Å². The number of rotatable bonds is 8. The van der Waals surface area contributed by atoms with Crippen molar-refractivity contribution in [2.75, 3.05) is 32.6 Å². The van der Waals surface area contributed by atoms with Crippen LogP contribution in [0.15, 0.2) is 36.7 Å². The highest BCUT2D eigenvalue weighted by molar-refractivity contribution is 5.89. The average Bonchev–Trinajstić information content (AvgIpc) is 3.03. The second kappa shape index (κ2) is 9.35. The SMILES string of the molecule is COCC(O)CN(C)C(=O)Nc1cccc(Cn2ccnc2C(C)C)c1. The fraction of sp³-hybridized carbons (Fsp3) is 0.474. The molecular weight excluding hydrogens is 332 g/mol. The molecule has 1 aromatic heterocycles. The molecule has 0 fully saturated rings. The molecule has 26 heavy (non-hydrogen) atoms. The molecule has 0 aliphatic heterocycles. The zero-order chi connectivity index (χ0) is 19.1. The molecule has 0 radical (unpaired) electrons. The average molecular weight is 360 g/mol. The van der Waals surface area contributed by atoms with Gasteiger partial charge in [-0.1, -0.05) is 26.0 Å². The van der Waals surface area contributed by atoms with E-state index in [2.05, 4.69) is 28.7 Å². The maximum absolute atomic E-state index is 12.3. The largest absolute Gasteiger partial charge is 0.389 e. The van der Waals surface area contributed by atoms with Crippen LogP contribution in [0.2, 0.25) is 0 Å². The van der Waals surface area contributed by atoms with E-state index >= 15 is 0 Å². The van der Waals surface area contributed by atoms with Crippen LogP contribution in [0.3, 0.4) is 0 Å². The Morgan fingerprint density at radius 2 is 2.19 bits per heavy atom. The van der Waals surface area contributed by atoms with Crippen molar-refractivity contribution in [3.63, 3.8) is 0 Å². The Morgan fingerprint density at radius 1 is 1.42 bits per heavy atom. The van der Waals surface area contributed by atoms with Crippen LogP contribution in [0.1, 0.15) is 31.2 Å². The molecule has 0 aliphatic rings. The fourth-order valence-electron chi connectivity index (χ4n) is 2.76. The van der Waals surface area contributed by atoms with E-state index in [9.17, 15) is 9.90 Å². The molecule has 1 atom stereocenters. The Hall–Kier alpha value is -2.38. The highest BCUT2D eigenvalue weighted by Gasteiger charge is 2.14. The maximum atomic E-state index is 12.3. The smallest absolute Gasteiger partial charge is 0.321 e. The minimum atomic E-state index is -0.710. The minimum absolute atomic E-state index is 0.191. The third-order valence-electron chi connectivity index (χ3n) is 3.99. The third-order valence-corrected chi connectivity index (χ3v) is 3.99. The molecule has 1 heterocycles. The molecule has 2 rings (SSSR count). The van der Waals surface area contributed by atoms with Gasteiger partial charge >= 0.3 is 6.03 Å². The van der Waals surface area contributed by atoms with Gasteiger partial charge in [0, 0.05) is 44.7 Å². The number of carbonyl (C=O) groups is 1. The predicted octanol–water partition coefficient (Wildman–Crippen LogP) is 2.53. The second-order valence-corrected chi connectivity index (χ2v) is 6.69. The molecule has 0 saturated carbocycles. The highest BCUT2D eigenvalue weighted by atomic mass is 16.5. The Balaban J connectivity index is 2.00. The summed E-state index contributed by atoms with van der Waals surface area (Å²) in [7, 11) is 3.15. The number of benzene rings is 1. The molecule has 142 valence electrons. The third kappa shape index (κ3) is 5.57. The number of hydrogen-bond donors (Lipinski definition) is 2. The van der Waals surface area contributed by atoms with E-state index < -0.39 is 6.10 Å². The van der Waals surface area contributed by atoms with Crippen molar-refractivity contribution in [3.05, 3.63) is 48.0 Å². The van der Waals surface area contributed by atoms with E-state index in [4.69, 9.17) is 4.74 Å². The number of nitrogens with one attached hydrogen (secondary N) is 1. The lowest BCUT2D eigenvalue weighted by molar-refractivity contribution is 0.0501. The van der Waals surface area contributed by atoms with E-state index in [1.807, 2.05) is 30.5 Å². The number of hydrogen-bond acceptors (Lipinski definition) is 4. The minimum Gasteiger partial charge on any atom is -0.389 e. The number of amides is 2. The molecule has 0 saturated heterocycles. The Bertz CT molecular complexity index is 714. The molecule has 2 amide bonds. The van der Waals surface area contributed by atoms with E-state index in [1.165, 1.54) is 12.0 Å². The monoisotopic (exact) mass is 360 g/mol. The summed E-state index contributed by atoms with van der Waals surface area (Å²) in [6, 6.07) is 7.45. The van der Waals surface area contributed by atoms with Crippen molar-refractivity contribution in [2.24, 2.45) is 0 Å². The van der Waals surface area contributed by atoms with Gasteiger partial charge in [0.25, 0.3) is 0 Å². The number of imidazole rings is 1. The van der Waals surface area contributed by atoms with Crippen LogP contribution >= 0.6 is 0 Å². The van der Waals surface area contributed by atoms with Gasteiger partial charge in [-0.2, -0.15) is 0 Å². The fourth-order valence-corrected chi connectivity index (χ4v) is 2.76. The van der Waals surface area contributed by atoms with Crippen LogP contribution in [0.4, 0.5) is 10.5 Å². The van der Waals surface area contributed by atoms with Gasteiger partial charge in [-0.15, -0.1) is 0 Å². The summed E-state index contributed by atoms with van der Waals surface area (Å²) in [6.07, 6.45) is 3.06. The summed E-state index contributed by atoms with van der Waals surface area (Å²) >= 11 is 0. The molecule has 1 aromatic carbocycles. The number of aliphatic hydroxyl groups is 1. The summed E-state index contributed by atoms with van der Waals surface area (Å²) in [5.41, 5.74) is 1.79. The molecule has 0 spiro atoms. The van der Waals surface area contributed by atoms with Crippen molar-refractivity contribution < 1.29 is 14.6 Å². The zero-order valence-electron chi connectivity index (χ0n) is 15.8. The van der Waals surface area contributed by atoms with Gasteiger partial charge in [-0.25, -0.2) is 9.78 Å². The molecule has 7 heteroatoms. The van der Waals surface area contributed by atoms with Crippen LogP contribution in [0.25, 0.3) is 0 Å². The van der Waals surface area contributed by atoms with Crippen LogP contribution < -0.4 is 5.32 Å². The molecular formula is C19H28N4O3. The lowest BCUT2D eigenvalue weighted by Gasteiger charge is -2.21. The zero-order valence-corrected chi connectivity index (χ0v) is 15.8. The van der Waals surface area contributed by atoms with Crippen molar-refractivity contribution >= 4 is 11.7 Å². The second-order valence-electron chi connectivity index (χ2n) is 6.69. The summed E-state index contributed by atoms with van der Waals surface area (Å²) in [5.74, 6) is 1.38. The first-order valence-corrected chi connectivity index (χ1v) is 8.69. The summed E-state index contributed by atoms with van der Waals surface area (Å²) in [5, 5.41) is 12.6. The van der Waals surface area contributed by atoms with Crippen molar-refractivity contribution in [1.29, 1.82) is 0 Å². The van der Waals surface area contributed by atoms with E-state index in [0.29, 0.717) is 18.2 Å². The van der Waals surface area contributed by atoms with E-state index in [1.54, 1.807) is 13.2 Å². The van der Waals surface area contributed by atoms with E-state index in [-0.39, 0.29) is 19.2 Å². The molecule has 1 unspecified atom stereocenters. The number of anilines is 1. The normalized spacial score (nSPS) is 12.2. The van der Waals surface area contributed by atoms with Gasteiger partial charge in [0.2, 0.25) is 0 Å². The van der Waals surface area contributed by atoms with Crippen LogP contribution in [0, 0.1) is 0 Å². The van der Waals surface area contributed by atoms with E-state index in [0.717, 1.165) is 11.4 Å². The molecule has 2 aromatic rings. The Labute approximate surface area is 154 Å². The number of methoxy groups -OCH3 is 1. The standard InChI is InChI=1S/C19H28N4O3/c1-14(2)18-20-8-9-23(18)11-15-6-5-7-16(10-15)21-19(25)22(3)12-17(24)13-26-4/h5-10,14,17,24H,11-13H2,1-4H3,(H,21,25). The lowest BCUT2D eigenvalue weighted by Crippen LogP contribution is -2.38. The Kier molecular flexibility index (Phi) is 7.17. The van der Waals surface area contributed by atoms with Gasteiger partial charge in [0.1, 0.15) is 5.82 Å². The number of likely N-dealkylation sites (N-methyl/N-ethyl adjacent to an activating group) is 1. The predicted molar refractivity (Wildman–Crippen MR) is 101 cm³/mol. The lowest BCUT2D eigenvalue weighted by atomic mass is 10.1. The first kappa shape index (κ1) is 19.9. The quantitative estimate of drug-likeness (QED) is 0.758. The Morgan fingerprint density at radius 3 is 2.88 bits per heavy atom. The molecule has 0 aliphatic carbocycles. The number of aliphatic hydroxyl groups excluding tert-OH is 1. The molecule has 7 nitrogen and oxygen atoms in total. The number of aromatic nitrogens is 2. The number of urea groups is 1. The van der Waals surface area contributed by atoms with Crippen molar-refractivity contribution in [1.82, 2.24) is 14.5 Å². The summed E-state index contributed by atoms with van der Waals surface area (Å²) in [4.78, 5) is 18.1.